The van der Waals surface area contributed by atoms with Gasteiger partial charge in [0.1, 0.15) is 5.56 Å². The van der Waals surface area contributed by atoms with Crippen molar-refractivity contribution < 1.29 is 9.72 Å². The van der Waals surface area contributed by atoms with Crippen LogP contribution in [-0.2, 0) is 0 Å². The second kappa shape index (κ2) is 5.79. The summed E-state index contributed by atoms with van der Waals surface area (Å²) in [6.07, 6.45) is 0.819. The highest BCUT2D eigenvalue weighted by atomic mass is 35.5. The maximum atomic E-state index is 12.5. The monoisotopic (exact) mass is 296 g/mol. The van der Waals surface area contributed by atoms with E-state index >= 15 is 0 Å². The van der Waals surface area contributed by atoms with Crippen molar-refractivity contribution in [1.82, 2.24) is 4.90 Å². The van der Waals surface area contributed by atoms with Crippen molar-refractivity contribution in [2.24, 2.45) is 5.92 Å². The molecule has 1 aliphatic heterocycles. The first-order chi connectivity index (χ1) is 9.40. The zero-order valence-electron chi connectivity index (χ0n) is 11.5. The molecule has 1 saturated heterocycles. The van der Waals surface area contributed by atoms with Crippen molar-refractivity contribution in [2.75, 3.05) is 13.1 Å². The quantitative estimate of drug-likeness (QED) is 0.479. The van der Waals surface area contributed by atoms with Gasteiger partial charge in [-0.2, -0.15) is 0 Å². The molecule has 2 unspecified atom stereocenters. The van der Waals surface area contributed by atoms with Crippen molar-refractivity contribution in [1.29, 1.82) is 0 Å². The number of nitrogens with zero attached hydrogens (tertiary/aromatic N) is 2. The fourth-order valence-electron chi connectivity index (χ4n) is 2.36. The van der Waals surface area contributed by atoms with Gasteiger partial charge in [0.2, 0.25) is 0 Å². The minimum Gasteiger partial charge on any atom is -0.337 e. The largest absolute Gasteiger partial charge is 0.337 e. The third kappa shape index (κ3) is 2.93. The van der Waals surface area contributed by atoms with Gasteiger partial charge in [0.05, 0.1) is 10.3 Å². The van der Waals surface area contributed by atoms with Gasteiger partial charge in [0.15, 0.2) is 0 Å². The number of nitro benzene ring substituents is 1. The fraction of sp³-hybridized carbons (Fsp3) is 0.500. The number of halogens is 1. The first-order valence-corrected chi connectivity index (χ1v) is 7.02. The zero-order valence-corrected chi connectivity index (χ0v) is 12.3. The number of carbonyl (C=O) groups is 1. The molecule has 1 aliphatic rings. The molecule has 6 heteroatoms. The highest BCUT2D eigenvalue weighted by Gasteiger charge is 2.31. The first kappa shape index (κ1) is 14.8. The van der Waals surface area contributed by atoms with E-state index in [-0.39, 0.29) is 22.5 Å². The Morgan fingerprint density at radius 1 is 1.50 bits per heavy atom. The molecule has 5 nitrogen and oxygen atoms in total. The summed E-state index contributed by atoms with van der Waals surface area (Å²) in [6, 6.07) is 4.59. The molecule has 2 atom stereocenters. The van der Waals surface area contributed by atoms with Crippen molar-refractivity contribution >= 4 is 23.2 Å². The van der Waals surface area contributed by atoms with E-state index < -0.39 is 4.92 Å². The number of carbonyl (C=O) groups excluding carboxylic acids is 1. The molecule has 1 heterocycles. The molecule has 0 spiro atoms. The van der Waals surface area contributed by atoms with Crippen molar-refractivity contribution in [3.8, 4) is 0 Å². The topological polar surface area (TPSA) is 63.5 Å². The van der Waals surface area contributed by atoms with E-state index in [9.17, 15) is 14.9 Å². The van der Waals surface area contributed by atoms with Crippen LogP contribution < -0.4 is 0 Å². The van der Waals surface area contributed by atoms with E-state index in [1.807, 2.05) is 6.92 Å². The normalized spacial score (nSPS) is 22.6. The minimum atomic E-state index is -0.516. The number of alkyl halides is 1. The molecule has 1 aromatic rings. The fourth-order valence-corrected chi connectivity index (χ4v) is 2.65. The predicted molar refractivity (Wildman–Crippen MR) is 77.2 cm³/mol. The molecule has 0 aromatic heterocycles. The molecular weight excluding hydrogens is 280 g/mol. The van der Waals surface area contributed by atoms with Crippen molar-refractivity contribution in [3.63, 3.8) is 0 Å². The van der Waals surface area contributed by atoms with Gasteiger partial charge in [-0.3, -0.25) is 14.9 Å². The average Bonchev–Trinajstić information content (AvgIpc) is 2.40. The van der Waals surface area contributed by atoms with E-state index in [1.165, 1.54) is 6.07 Å². The van der Waals surface area contributed by atoms with Crippen LogP contribution in [0.2, 0.25) is 0 Å². The lowest BCUT2D eigenvalue weighted by Gasteiger charge is -2.33. The van der Waals surface area contributed by atoms with E-state index in [4.69, 9.17) is 11.6 Å². The molecule has 0 aliphatic carbocycles. The summed E-state index contributed by atoms with van der Waals surface area (Å²) in [5, 5.41) is 10.9. The van der Waals surface area contributed by atoms with Crippen molar-refractivity contribution in [3.05, 3.63) is 39.4 Å². The molecule has 1 fully saturated rings. The molecule has 0 bridgehead atoms. The summed E-state index contributed by atoms with van der Waals surface area (Å²) in [7, 11) is 0. The van der Waals surface area contributed by atoms with Crippen LogP contribution in [0.4, 0.5) is 5.69 Å². The lowest BCUT2D eigenvalue weighted by molar-refractivity contribution is -0.385. The van der Waals surface area contributed by atoms with E-state index in [0.29, 0.717) is 19.0 Å². The van der Waals surface area contributed by atoms with E-state index in [0.717, 1.165) is 12.0 Å². The third-order valence-electron chi connectivity index (χ3n) is 3.73. The number of likely N-dealkylation sites (tertiary alicyclic amines) is 1. The van der Waals surface area contributed by atoms with Crippen molar-refractivity contribution in [2.45, 2.75) is 25.6 Å². The highest BCUT2D eigenvalue weighted by Crippen LogP contribution is 2.26. The third-order valence-corrected chi connectivity index (χ3v) is 4.30. The van der Waals surface area contributed by atoms with Gasteiger partial charge in [-0.05, 0) is 30.9 Å². The Labute approximate surface area is 122 Å². The van der Waals surface area contributed by atoms with Crippen LogP contribution in [-0.4, -0.2) is 34.2 Å². The molecular formula is C14H17ClN2O3. The Morgan fingerprint density at radius 3 is 2.80 bits per heavy atom. The van der Waals surface area contributed by atoms with Gasteiger partial charge in [0, 0.05) is 19.2 Å². The molecule has 20 heavy (non-hydrogen) atoms. The van der Waals surface area contributed by atoms with Crippen LogP contribution in [0.1, 0.15) is 29.3 Å². The van der Waals surface area contributed by atoms with Gasteiger partial charge < -0.3 is 4.90 Å². The second-order valence-electron chi connectivity index (χ2n) is 5.31. The number of aryl methyl sites for hydroxylation is 1. The van der Waals surface area contributed by atoms with Gasteiger partial charge in [-0.15, -0.1) is 11.6 Å². The minimum absolute atomic E-state index is 0.100. The SMILES string of the molecule is Cc1ccc([N+](=O)[O-])c(C(=O)N2CCC(C)C(Cl)C2)c1. The standard InChI is InChI=1S/C14H17ClN2O3/c1-9-3-4-13(17(19)20)11(7-9)14(18)16-6-5-10(2)12(15)8-16/h3-4,7,10,12H,5-6,8H2,1-2H3. The molecule has 0 radical (unpaired) electrons. The van der Waals surface area contributed by atoms with Gasteiger partial charge >= 0.3 is 0 Å². The average molecular weight is 297 g/mol. The summed E-state index contributed by atoms with van der Waals surface area (Å²) < 4.78 is 0. The first-order valence-electron chi connectivity index (χ1n) is 6.58. The van der Waals surface area contributed by atoms with Gasteiger partial charge in [0.25, 0.3) is 11.6 Å². The molecule has 0 N–H and O–H groups in total. The van der Waals surface area contributed by atoms with Gasteiger partial charge in [-0.25, -0.2) is 0 Å². The Morgan fingerprint density at radius 2 is 2.20 bits per heavy atom. The smallest absolute Gasteiger partial charge is 0.282 e. The maximum absolute atomic E-state index is 12.5. The number of benzene rings is 1. The lowest BCUT2D eigenvalue weighted by Crippen LogP contribution is -2.44. The summed E-state index contributed by atoms with van der Waals surface area (Å²) in [6.45, 7) is 4.89. The van der Waals surface area contributed by atoms with Gasteiger partial charge in [-0.1, -0.05) is 13.0 Å². The lowest BCUT2D eigenvalue weighted by atomic mass is 9.97. The van der Waals surface area contributed by atoms with E-state index in [2.05, 4.69) is 6.92 Å². The summed E-state index contributed by atoms with van der Waals surface area (Å²) >= 11 is 6.20. The summed E-state index contributed by atoms with van der Waals surface area (Å²) in [4.78, 5) is 24.6. The second-order valence-corrected chi connectivity index (χ2v) is 5.87. The van der Waals surface area contributed by atoms with E-state index in [1.54, 1.807) is 17.0 Å². The molecule has 0 saturated carbocycles. The molecule has 1 aromatic carbocycles. The number of hydrogen-bond donors (Lipinski definition) is 0. The van der Waals surface area contributed by atoms with Crippen LogP contribution in [0.15, 0.2) is 18.2 Å². The van der Waals surface area contributed by atoms with Crippen LogP contribution in [0, 0.1) is 23.0 Å². The highest BCUT2D eigenvalue weighted by molar-refractivity contribution is 6.21. The number of rotatable bonds is 2. The molecule has 2 rings (SSSR count). The number of piperidine rings is 1. The summed E-state index contributed by atoms with van der Waals surface area (Å²) in [5.41, 5.74) is 0.825. The van der Waals surface area contributed by atoms with Crippen LogP contribution in [0.5, 0.6) is 0 Å². The number of nitro groups is 1. The Hall–Kier alpha value is -1.62. The molecule has 1 amide bonds. The Kier molecular flexibility index (Phi) is 4.28. The summed E-state index contributed by atoms with van der Waals surface area (Å²) in [5.74, 6) is 0.0474. The number of amides is 1. The van der Waals surface area contributed by atoms with Crippen LogP contribution in [0.25, 0.3) is 0 Å². The Balaban J connectivity index is 2.29. The molecule has 108 valence electrons. The van der Waals surface area contributed by atoms with Crippen LogP contribution in [0.3, 0.4) is 0 Å². The number of hydrogen-bond acceptors (Lipinski definition) is 3. The zero-order chi connectivity index (χ0) is 14.9. The Bertz CT molecular complexity index is 547. The van der Waals surface area contributed by atoms with Crippen LogP contribution >= 0.6 is 11.6 Å². The maximum Gasteiger partial charge on any atom is 0.282 e. The predicted octanol–water partition coefficient (Wildman–Crippen LogP) is 2.99.